The van der Waals surface area contributed by atoms with Gasteiger partial charge in [0.2, 0.25) is 11.0 Å². The Bertz CT molecular complexity index is 1120. The van der Waals surface area contributed by atoms with E-state index in [1.165, 1.54) is 0 Å². The minimum Gasteiger partial charge on any atom is -0.462 e. The van der Waals surface area contributed by atoms with Gasteiger partial charge in [0.05, 0.1) is 17.9 Å². The van der Waals surface area contributed by atoms with Gasteiger partial charge in [0.15, 0.2) is 4.34 Å². The number of halogens is 2. The minimum atomic E-state index is -0.992. The van der Waals surface area contributed by atoms with Gasteiger partial charge in [-0.2, -0.15) is 0 Å². The fourth-order valence-corrected chi connectivity index (χ4v) is 3.97. The molecule has 1 heterocycles. The molecule has 0 radical (unpaired) electrons. The van der Waals surface area contributed by atoms with E-state index in [0.29, 0.717) is 15.6 Å². The molecule has 2 aromatic carbocycles. The number of aromatic nitrogens is 2. The van der Waals surface area contributed by atoms with Crippen molar-refractivity contribution in [3.63, 3.8) is 0 Å². The number of hydrogen-bond donors (Lipinski definition) is 2. The van der Waals surface area contributed by atoms with E-state index < -0.39 is 29.1 Å². The van der Waals surface area contributed by atoms with Crippen molar-refractivity contribution in [2.45, 2.75) is 11.3 Å². The molecule has 166 valence electrons. The number of ether oxygens (including phenoxy) is 1. The second-order valence-electron chi connectivity index (χ2n) is 6.06. The zero-order chi connectivity index (χ0) is 23.1. The predicted octanol–water partition coefficient (Wildman–Crippen LogP) is 3.98. The van der Waals surface area contributed by atoms with Crippen LogP contribution in [0.25, 0.3) is 0 Å². The highest BCUT2D eigenvalue weighted by atomic mass is 32.2. The van der Waals surface area contributed by atoms with Crippen LogP contribution in [0.2, 0.25) is 0 Å². The zero-order valence-corrected chi connectivity index (χ0v) is 18.2. The van der Waals surface area contributed by atoms with Crippen LogP contribution in [-0.2, 0) is 9.53 Å². The van der Waals surface area contributed by atoms with Crippen molar-refractivity contribution in [1.82, 2.24) is 10.2 Å². The number of nitrogens with zero attached hydrogens (tertiary/aromatic N) is 2. The number of amides is 2. The Morgan fingerprint density at radius 3 is 2.38 bits per heavy atom. The average Bonchev–Trinajstić information content (AvgIpc) is 3.20. The van der Waals surface area contributed by atoms with Crippen LogP contribution in [0.4, 0.5) is 19.6 Å². The molecule has 0 saturated carbocycles. The lowest BCUT2D eigenvalue weighted by molar-refractivity contribution is -0.113. The standard InChI is InChI=1S/C20H16F2N4O4S2/c1-2-30-18(29)11-6-8-12(9-7-11)23-15(27)10-31-20-26-25-19(32-20)24-17(28)16-13(21)4-3-5-14(16)22/h3-9H,2,10H2,1H3,(H,23,27)(H,24,25,28). The molecular formula is C20H16F2N4O4S2. The zero-order valence-electron chi connectivity index (χ0n) is 16.6. The summed E-state index contributed by atoms with van der Waals surface area (Å²) in [7, 11) is 0. The molecule has 0 spiro atoms. The van der Waals surface area contributed by atoms with E-state index in [1.807, 2.05) is 0 Å². The van der Waals surface area contributed by atoms with Gasteiger partial charge in [0, 0.05) is 5.69 Å². The molecule has 0 fully saturated rings. The topological polar surface area (TPSA) is 110 Å². The van der Waals surface area contributed by atoms with Crippen molar-refractivity contribution in [3.05, 3.63) is 65.2 Å². The summed E-state index contributed by atoms with van der Waals surface area (Å²) in [5.74, 6) is -3.74. The van der Waals surface area contributed by atoms with Crippen LogP contribution in [0.3, 0.4) is 0 Å². The molecule has 0 aliphatic carbocycles. The maximum atomic E-state index is 13.7. The Balaban J connectivity index is 1.51. The number of benzene rings is 2. The third kappa shape index (κ3) is 6.08. The minimum absolute atomic E-state index is 0.00412. The quantitative estimate of drug-likeness (QED) is 0.286. The molecule has 0 bridgehead atoms. The van der Waals surface area contributed by atoms with E-state index in [2.05, 4.69) is 20.8 Å². The van der Waals surface area contributed by atoms with Gasteiger partial charge in [0.1, 0.15) is 17.2 Å². The van der Waals surface area contributed by atoms with Gasteiger partial charge in [0.25, 0.3) is 5.91 Å². The van der Waals surface area contributed by atoms with Crippen LogP contribution in [0.5, 0.6) is 0 Å². The SMILES string of the molecule is CCOC(=O)c1ccc(NC(=O)CSc2nnc(NC(=O)c3c(F)cccc3F)s2)cc1. The highest BCUT2D eigenvalue weighted by Gasteiger charge is 2.19. The highest BCUT2D eigenvalue weighted by molar-refractivity contribution is 8.01. The molecule has 12 heteroatoms. The number of nitrogens with one attached hydrogen (secondary N) is 2. The lowest BCUT2D eigenvalue weighted by Crippen LogP contribution is -2.15. The van der Waals surface area contributed by atoms with Crippen LogP contribution in [-0.4, -0.2) is 40.3 Å². The van der Waals surface area contributed by atoms with Gasteiger partial charge >= 0.3 is 5.97 Å². The van der Waals surface area contributed by atoms with Crippen molar-refractivity contribution < 1.29 is 27.9 Å². The fraction of sp³-hybridized carbons (Fsp3) is 0.150. The van der Waals surface area contributed by atoms with Gasteiger partial charge in [-0.05, 0) is 43.3 Å². The van der Waals surface area contributed by atoms with Gasteiger partial charge in [-0.1, -0.05) is 29.2 Å². The molecule has 32 heavy (non-hydrogen) atoms. The van der Waals surface area contributed by atoms with E-state index in [1.54, 1.807) is 31.2 Å². The van der Waals surface area contributed by atoms with Crippen LogP contribution in [0, 0.1) is 11.6 Å². The fourth-order valence-electron chi connectivity index (χ4n) is 2.42. The summed E-state index contributed by atoms with van der Waals surface area (Å²) in [6.07, 6.45) is 0. The molecule has 8 nitrogen and oxygen atoms in total. The lowest BCUT2D eigenvalue weighted by atomic mass is 10.2. The van der Waals surface area contributed by atoms with E-state index in [-0.39, 0.29) is 23.4 Å². The molecular weight excluding hydrogens is 462 g/mol. The first-order chi connectivity index (χ1) is 15.4. The summed E-state index contributed by atoms with van der Waals surface area (Å²) in [6.45, 7) is 1.98. The summed E-state index contributed by atoms with van der Waals surface area (Å²) >= 11 is 2.03. The number of thioether (sulfide) groups is 1. The summed E-state index contributed by atoms with van der Waals surface area (Å²) in [5.41, 5.74) is 0.156. The Kier molecular flexibility index (Phi) is 7.84. The Hall–Kier alpha value is -3.38. The van der Waals surface area contributed by atoms with Crippen molar-refractivity contribution in [3.8, 4) is 0 Å². The van der Waals surface area contributed by atoms with Crippen molar-refractivity contribution >= 4 is 51.7 Å². The van der Waals surface area contributed by atoms with Crippen LogP contribution >= 0.6 is 23.1 Å². The summed E-state index contributed by atoms with van der Waals surface area (Å²) in [4.78, 5) is 35.8. The average molecular weight is 479 g/mol. The number of carbonyl (C=O) groups is 3. The maximum absolute atomic E-state index is 13.7. The van der Waals surface area contributed by atoms with E-state index in [9.17, 15) is 23.2 Å². The molecule has 3 rings (SSSR count). The number of carbonyl (C=O) groups excluding carboxylic acids is 3. The first-order valence-electron chi connectivity index (χ1n) is 9.16. The summed E-state index contributed by atoms with van der Waals surface area (Å²) in [5, 5.41) is 12.6. The van der Waals surface area contributed by atoms with Crippen LogP contribution < -0.4 is 10.6 Å². The van der Waals surface area contributed by atoms with Crippen molar-refractivity contribution in [2.75, 3.05) is 23.0 Å². The second kappa shape index (κ2) is 10.8. The second-order valence-corrected chi connectivity index (χ2v) is 8.26. The molecule has 2 N–H and O–H groups in total. The highest BCUT2D eigenvalue weighted by Crippen LogP contribution is 2.26. The van der Waals surface area contributed by atoms with Gasteiger partial charge < -0.3 is 10.1 Å². The molecule has 0 aliphatic rings. The Morgan fingerprint density at radius 2 is 1.72 bits per heavy atom. The first-order valence-corrected chi connectivity index (χ1v) is 11.0. The van der Waals surface area contributed by atoms with E-state index in [4.69, 9.17) is 4.74 Å². The maximum Gasteiger partial charge on any atom is 0.338 e. The summed E-state index contributed by atoms with van der Waals surface area (Å²) in [6, 6.07) is 9.34. The number of anilines is 2. The number of esters is 1. The van der Waals surface area contributed by atoms with Crippen molar-refractivity contribution in [1.29, 1.82) is 0 Å². The molecule has 1 aromatic heterocycles. The smallest absolute Gasteiger partial charge is 0.338 e. The molecule has 0 atom stereocenters. The Labute approximate surface area is 189 Å². The molecule has 0 saturated heterocycles. The Morgan fingerprint density at radius 1 is 1.03 bits per heavy atom. The predicted molar refractivity (Wildman–Crippen MR) is 116 cm³/mol. The lowest BCUT2D eigenvalue weighted by Gasteiger charge is -2.06. The van der Waals surface area contributed by atoms with Gasteiger partial charge in [-0.15, -0.1) is 10.2 Å². The van der Waals surface area contributed by atoms with Gasteiger partial charge in [-0.25, -0.2) is 13.6 Å². The van der Waals surface area contributed by atoms with E-state index in [0.717, 1.165) is 41.3 Å². The van der Waals surface area contributed by atoms with Crippen LogP contribution in [0.1, 0.15) is 27.6 Å². The normalized spacial score (nSPS) is 10.5. The first kappa shape index (κ1) is 23.3. The van der Waals surface area contributed by atoms with Crippen molar-refractivity contribution in [2.24, 2.45) is 0 Å². The van der Waals surface area contributed by atoms with E-state index >= 15 is 0 Å². The summed E-state index contributed by atoms with van der Waals surface area (Å²) < 4.78 is 32.6. The third-order valence-corrected chi connectivity index (χ3v) is 5.80. The number of hydrogen-bond acceptors (Lipinski definition) is 8. The number of rotatable bonds is 8. The largest absolute Gasteiger partial charge is 0.462 e. The molecule has 0 aliphatic heterocycles. The molecule has 0 unspecified atom stereocenters. The van der Waals surface area contributed by atoms with Crippen LogP contribution in [0.15, 0.2) is 46.8 Å². The monoisotopic (exact) mass is 478 g/mol. The molecule has 3 aromatic rings. The molecule has 2 amide bonds. The third-order valence-electron chi connectivity index (χ3n) is 3.82. The van der Waals surface area contributed by atoms with Gasteiger partial charge in [-0.3, -0.25) is 14.9 Å².